The smallest absolute Gasteiger partial charge is 0.334 e. The normalized spacial score (nSPS) is 11.0. The van der Waals surface area contributed by atoms with E-state index in [0.29, 0.717) is 0 Å². The zero-order chi connectivity index (χ0) is 17.0. The van der Waals surface area contributed by atoms with Gasteiger partial charge in [-0.1, -0.05) is 97.0 Å². The Morgan fingerprint density at radius 1 is 0.783 bits per heavy atom. The highest BCUT2D eigenvalue weighted by Gasteiger charge is 1.94. The van der Waals surface area contributed by atoms with E-state index in [1.807, 2.05) is 6.08 Å². The minimum Gasteiger partial charge on any atom is -0.432 e. The highest BCUT2D eigenvalue weighted by molar-refractivity contribution is 5.81. The second-order valence-corrected chi connectivity index (χ2v) is 6.40. The van der Waals surface area contributed by atoms with E-state index in [4.69, 9.17) is 4.74 Å². The molecule has 0 aromatic carbocycles. The molecule has 134 valence electrons. The van der Waals surface area contributed by atoms with E-state index in [2.05, 4.69) is 13.5 Å². The van der Waals surface area contributed by atoms with Gasteiger partial charge in [-0.3, -0.25) is 0 Å². The van der Waals surface area contributed by atoms with Crippen molar-refractivity contribution in [1.82, 2.24) is 0 Å². The summed E-state index contributed by atoms with van der Waals surface area (Å²) < 4.78 is 4.77. The minimum atomic E-state index is -0.387. The molecule has 0 aromatic rings. The third kappa shape index (κ3) is 18.9. The number of allylic oxidation sites excluding steroid dienone is 1. The topological polar surface area (TPSA) is 26.3 Å². The van der Waals surface area contributed by atoms with Crippen LogP contribution in [0.5, 0.6) is 0 Å². The first-order valence-corrected chi connectivity index (χ1v) is 9.79. The molecule has 0 rings (SSSR count). The number of unbranched alkanes of at least 4 members (excludes halogenated alkanes) is 14. The van der Waals surface area contributed by atoms with Gasteiger partial charge in [-0.05, 0) is 18.9 Å². The van der Waals surface area contributed by atoms with Gasteiger partial charge in [0.15, 0.2) is 0 Å². The van der Waals surface area contributed by atoms with E-state index in [0.717, 1.165) is 6.42 Å². The van der Waals surface area contributed by atoms with Crippen molar-refractivity contribution in [2.24, 2.45) is 0 Å². The van der Waals surface area contributed by atoms with Crippen molar-refractivity contribution in [1.29, 1.82) is 0 Å². The quantitative estimate of drug-likeness (QED) is 0.123. The predicted molar refractivity (Wildman–Crippen MR) is 100 cm³/mol. The van der Waals surface area contributed by atoms with Crippen molar-refractivity contribution in [3.05, 3.63) is 25.0 Å². The Balaban J connectivity index is 3.08. The molecule has 0 N–H and O–H groups in total. The van der Waals surface area contributed by atoms with Crippen LogP contribution in [0.25, 0.3) is 0 Å². The number of esters is 1. The van der Waals surface area contributed by atoms with Crippen LogP contribution in [0.1, 0.15) is 103 Å². The summed E-state index contributed by atoms with van der Waals surface area (Å²) in [7, 11) is 0. The van der Waals surface area contributed by atoms with Gasteiger partial charge in [0.2, 0.25) is 0 Å². The van der Waals surface area contributed by atoms with Gasteiger partial charge in [0.25, 0.3) is 0 Å². The average Bonchev–Trinajstić information content (AvgIpc) is 2.57. The molecule has 0 saturated heterocycles. The Morgan fingerprint density at radius 2 is 1.22 bits per heavy atom. The summed E-state index contributed by atoms with van der Waals surface area (Å²) in [4.78, 5) is 10.8. The Kier molecular flexibility index (Phi) is 18.1. The van der Waals surface area contributed by atoms with Gasteiger partial charge in [0.1, 0.15) is 0 Å². The van der Waals surface area contributed by atoms with Gasteiger partial charge in [0, 0.05) is 6.08 Å². The second kappa shape index (κ2) is 19.0. The van der Waals surface area contributed by atoms with E-state index in [1.165, 1.54) is 102 Å². The van der Waals surface area contributed by atoms with Crippen LogP contribution in [-0.4, -0.2) is 5.97 Å². The van der Waals surface area contributed by atoms with Crippen LogP contribution in [0.4, 0.5) is 0 Å². The van der Waals surface area contributed by atoms with Crippen molar-refractivity contribution in [3.8, 4) is 0 Å². The van der Waals surface area contributed by atoms with Gasteiger partial charge < -0.3 is 4.74 Å². The van der Waals surface area contributed by atoms with Crippen molar-refractivity contribution in [3.63, 3.8) is 0 Å². The summed E-state index contributed by atoms with van der Waals surface area (Å²) in [6.45, 7) is 5.62. The van der Waals surface area contributed by atoms with Gasteiger partial charge in [-0.2, -0.15) is 0 Å². The molecule has 0 fully saturated rings. The number of carbonyl (C=O) groups excluding carboxylic acids is 1. The summed E-state index contributed by atoms with van der Waals surface area (Å²) in [5.41, 5.74) is 0. The lowest BCUT2D eigenvalue weighted by molar-refractivity contribution is -0.132. The van der Waals surface area contributed by atoms with Crippen LogP contribution in [0, 0.1) is 0 Å². The largest absolute Gasteiger partial charge is 0.432 e. The molecule has 0 amide bonds. The number of hydrogen-bond donors (Lipinski definition) is 0. The molecular formula is C21H38O2. The molecule has 0 bridgehead atoms. The fraction of sp³-hybridized carbons (Fsp3) is 0.762. The van der Waals surface area contributed by atoms with Crippen molar-refractivity contribution in [2.45, 2.75) is 103 Å². The zero-order valence-electron chi connectivity index (χ0n) is 15.4. The molecule has 0 saturated carbocycles. The van der Waals surface area contributed by atoms with Gasteiger partial charge in [-0.15, -0.1) is 0 Å². The number of ether oxygens (including phenoxy) is 1. The molecule has 0 unspecified atom stereocenters. The van der Waals surface area contributed by atoms with E-state index in [-0.39, 0.29) is 5.97 Å². The molecule has 23 heavy (non-hydrogen) atoms. The molecule has 0 aliphatic heterocycles. The van der Waals surface area contributed by atoms with E-state index < -0.39 is 0 Å². The van der Waals surface area contributed by atoms with Crippen LogP contribution in [0.3, 0.4) is 0 Å². The monoisotopic (exact) mass is 322 g/mol. The molecule has 2 heteroatoms. The lowest BCUT2D eigenvalue weighted by Crippen LogP contribution is -1.91. The highest BCUT2D eigenvalue weighted by Crippen LogP contribution is 2.13. The minimum absolute atomic E-state index is 0.387. The summed E-state index contributed by atoms with van der Waals surface area (Å²) in [6, 6.07) is 0. The predicted octanol–water partition coefficient (Wildman–Crippen LogP) is 7.10. The average molecular weight is 323 g/mol. The van der Waals surface area contributed by atoms with Crippen LogP contribution in [0.2, 0.25) is 0 Å². The molecule has 0 heterocycles. The Hall–Kier alpha value is -1.05. The maximum absolute atomic E-state index is 10.8. The molecule has 0 atom stereocenters. The van der Waals surface area contributed by atoms with Crippen LogP contribution >= 0.6 is 0 Å². The molecule has 0 spiro atoms. The third-order valence-corrected chi connectivity index (χ3v) is 4.17. The fourth-order valence-corrected chi connectivity index (χ4v) is 2.69. The number of hydrogen-bond acceptors (Lipinski definition) is 2. The number of rotatable bonds is 17. The lowest BCUT2D eigenvalue weighted by atomic mass is 10.0. The fourth-order valence-electron chi connectivity index (χ4n) is 2.69. The molecule has 0 aliphatic carbocycles. The molecule has 2 nitrogen and oxygen atoms in total. The van der Waals surface area contributed by atoms with Crippen LogP contribution in [-0.2, 0) is 9.53 Å². The van der Waals surface area contributed by atoms with Crippen molar-refractivity contribution < 1.29 is 9.53 Å². The number of carbonyl (C=O) groups is 1. The maximum Gasteiger partial charge on any atom is 0.334 e. The van der Waals surface area contributed by atoms with Crippen molar-refractivity contribution >= 4 is 5.97 Å². The summed E-state index contributed by atoms with van der Waals surface area (Å²) in [6.07, 6.45) is 24.9. The standard InChI is InChI=1S/C21H38O2/c1-3-5-6-7-8-9-10-11-12-13-14-15-16-17-18-19-20-23-21(22)4-2/h4,19-20H,2-3,5-18H2,1H3. The Bertz CT molecular complexity index is 294. The zero-order valence-corrected chi connectivity index (χ0v) is 15.4. The molecule has 0 radical (unpaired) electrons. The maximum atomic E-state index is 10.8. The van der Waals surface area contributed by atoms with E-state index >= 15 is 0 Å². The van der Waals surface area contributed by atoms with Gasteiger partial charge in [-0.25, -0.2) is 4.79 Å². The van der Waals surface area contributed by atoms with Gasteiger partial charge >= 0.3 is 5.97 Å². The van der Waals surface area contributed by atoms with E-state index in [1.54, 1.807) is 0 Å². The summed E-state index contributed by atoms with van der Waals surface area (Å²) in [5, 5.41) is 0. The molecule has 0 aliphatic rings. The first-order valence-electron chi connectivity index (χ1n) is 9.79. The van der Waals surface area contributed by atoms with Crippen LogP contribution < -0.4 is 0 Å². The van der Waals surface area contributed by atoms with Gasteiger partial charge in [0.05, 0.1) is 6.26 Å². The van der Waals surface area contributed by atoms with E-state index in [9.17, 15) is 4.79 Å². The SMILES string of the molecule is C=CC(=O)OC=CCCCCCCCCCCCCCCCC. The first-order chi connectivity index (χ1) is 11.3. The molecule has 0 aromatic heterocycles. The van der Waals surface area contributed by atoms with Crippen molar-refractivity contribution in [2.75, 3.05) is 0 Å². The second-order valence-electron chi connectivity index (χ2n) is 6.40. The van der Waals surface area contributed by atoms with Crippen LogP contribution in [0.15, 0.2) is 25.0 Å². The molecular weight excluding hydrogens is 284 g/mol. The summed E-state index contributed by atoms with van der Waals surface area (Å²) in [5.74, 6) is -0.387. The highest BCUT2D eigenvalue weighted by atomic mass is 16.5. The lowest BCUT2D eigenvalue weighted by Gasteiger charge is -2.02. The Labute approximate surface area is 144 Å². The Morgan fingerprint density at radius 3 is 1.65 bits per heavy atom. The third-order valence-electron chi connectivity index (χ3n) is 4.17. The first kappa shape index (κ1) is 21.9. The summed E-state index contributed by atoms with van der Waals surface area (Å²) >= 11 is 0.